The van der Waals surface area contributed by atoms with E-state index in [4.69, 9.17) is 5.73 Å². The second-order valence-corrected chi connectivity index (χ2v) is 9.06. The Morgan fingerprint density at radius 2 is 1.90 bits per heavy atom. The largest absolute Gasteiger partial charge is 0.367 e. The summed E-state index contributed by atoms with van der Waals surface area (Å²) in [6.45, 7) is 3.96. The first-order chi connectivity index (χ1) is 14.8. The van der Waals surface area contributed by atoms with Crippen LogP contribution in [0.25, 0.3) is 0 Å². The fourth-order valence-corrected chi connectivity index (χ4v) is 5.56. The molecule has 9 heteroatoms. The number of Topliss-reactive ketones (excluding diaryl/α,β-unsaturated/α-hetero) is 1. The highest BCUT2D eigenvalue weighted by molar-refractivity contribution is 7.17. The fraction of sp³-hybridized carbons (Fsp3) is 0.409. The van der Waals surface area contributed by atoms with Crippen molar-refractivity contribution in [3.05, 3.63) is 45.6 Å². The number of anilines is 2. The van der Waals surface area contributed by atoms with Crippen molar-refractivity contribution in [2.24, 2.45) is 5.73 Å². The summed E-state index contributed by atoms with van der Waals surface area (Å²) in [4.78, 5) is 40.9. The van der Waals surface area contributed by atoms with Crippen LogP contribution < -0.4 is 16.0 Å². The molecular weight excluding hydrogens is 419 g/mol. The number of nitrogens with two attached hydrogens (primary N) is 1. The molecule has 2 aromatic rings. The monoisotopic (exact) mass is 444 g/mol. The van der Waals surface area contributed by atoms with Gasteiger partial charge in [0.2, 0.25) is 5.91 Å². The van der Waals surface area contributed by atoms with Crippen LogP contribution in [0.15, 0.2) is 18.2 Å². The molecule has 7 nitrogen and oxygen atoms in total. The van der Waals surface area contributed by atoms with Gasteiger partial charge in [0.1, 0.15) is 10.8 Å². The minimum atomic E-state index is -0.499. The van der Waals surface area contributed by atoms with Gasteiger partial charge >= 0.3 is 0 Å². The molecule has 0 spiro atoms. The maximum Gasteiger partial charge on any atom is 0.251 e. The second-order valence-electron chi connectivity index (χ2n) is 7.96. The van der Waals surface area contributed by atoms with Gasteiger partial charge in [0, 0.05) is 36.6 Å². The third kappa shape index (κ3) is 4.47. The number of amides is 2. The molecule has 1 aliphatic carbocycles. The molecule has 0 saturated carbocycles. The summed E-state index contributed by atoms with van der Waals surface area (Å²) in [5, 5.41) is 3.42. The molecule has 0 unspecified atom stereocenters. The van der Waals surface area contributed by atoms with Crippen LogP contribution in [0.5, 0.6) is 0 Å². The van der Waals surface area contributed by atoms with Crippen LogP contribution >= 0.6 is 11.3 Å². The van der Waals surface area contributed by atoms with E-state index in [1.165, 1.54) is 24.3 Å². The number of nitrogens with zero attached hydrogens (tertiary/aromatic N) is 2. The van der Waals surface area contributed by atoms with Crippen molar-refractivity contribution in [2.45, 2.75) is 26.2 Å². The van der Waals surface area contributed by atoms with Gasteiger partial charge in [-0.15, -0.1) is 11.3 Å². The zero-order valence-electron chi connectivity index (χ0n) is 17.4. The van der Waals surface area contributed by atoms with E-state index in [2.05, 4.69) is 5.32 Å². The van der Waals surface area contributed by atoms with E-state index in [0.717, 1.165) is 29.7 Å². The Bertz CT molecular complexity index is 1040. The van der Waals surface area contributed by atoms with Gasteiger partial charge in [-0.1, -0.05) is 0 Å². The summed E-state index contributed by atoms with van der Waals surface area (Å²) < 4.78 is 14.4. The van der Waals surface area contributed by atoms with Crippen LogP contribution in [0.1, 0.15) is 44.5 Å². The van der Waals surface area contributed by atoms with Gasteiger partial charge in [-0.2, -0.15) is 0 Å². The maximum atomic E-state index is 14.4. The van der Waals surface area contributed by atoms with E-state index in [1.54, 1.807) is 12.1 Å². The molecule has 2 amide bonds. The summed E-state index contributed by atoms with van der Waals surface area (Å²) in [5.74, 6) is -1.27. The lowest BCUT2D eigenvalue weighted by atomic mass is 10.1. The van der Waals surface area contributed by atoms with Crippen molar-refractivity contribution in [2.75, 3.05) is 42.9 Å². The van der Waals surface area contributed by atoms with E-state index in [1.807, 2.05) is 9.80 Å². The van der Waals surface area contributed by atoms with Crippen LogP contribution in [0.3, 0.4) is 0 Å². The van der Waals surface area contributed by atoms with Crippen LogP contribution in [0.4, 0.5) is 15.1 Å². The summed E-state index contributed by atoms with van der Waals surface area (Å²) >= 11 is 1.44. The van der Waals surface area contributed by atoms with Gasteiger partial charge in [0.25, 0.3) is 5.91 Å². The van der Waals surface area contributed by atoms with Crippen molar-refractivity contribution < 1.29 is 18.8 Å². The van der Waals surface area contributed by atoms with Crippen molar-refractivity contribution in [1.82, 2.24) is 4.90 Å². The fourth-order valence-electron chi connectivity index (χ4n) is 4.25. The zero-order chi connectivity index (χ0) is 22.1. The number of carbonyl (C=O) groups excluding carboxylic acids is 3. The number of ketones is 1. The number of thiophene rings is 1. The average Bonchev–Trinajstić information content (AvgIpc) is 3.29. The van der Waals surface area contributed by atoms with Crippen LogP contribution in [-0.4, -0.2) is 55.2 Å². The van der Waals surface area contributed by atoms with Crippen molar-refractivity contribution in [3.63, 3.8) is 0 Å². The van der Waals surface area contributed by atoms with Crippen molar-refractivity contribution in [3.8, 4) is 0 Å². The first kappa shape index (κ1) is 21.5. The number of fused-ring (bicyclic) bond motifs is 1. The standard InChI is InChI=1S/C22H25FN4O3S/c1-13(28)14-5-6-17(16(23)11-14)27-9-7-26(8-10-27)12-19(29)25-22-20(21(24)30)15-3-2-4-18(15)31-22/h5-6,11H,2-4,7-10,12H2,1H3,(H2,24,30)(H,25,29). The summed E-state index contributed by atoms with van der Waals surface area (Å²) in [6, 6.07) is 4.54. The van der Waals surface area contributed by atoms with E-state index in [-0.39, 0.29) is 18.2 Å². The summed E-state index contributed by atoms with van der Waals surface area (Å²) in [7, 11) is 0. The molecule has 4 rings (SSSR count). The molecule has 0 radical (unpaired) electrons. The van der Waals surface area contributed by atoms with Crippen molar-refractivity contribution >= 4 is 39.6 Å². The Morgan fingerprint density at radius 1 is 1.16 bits per heavy atom. The van der Waals surface area contributed by atoms with Crippen molar-refractivity contribution in [1.29, 1.82) is 0 Å². The summed E-state index contributed by atoms with van der Waals surface area (Å²) in [6.07, 6.45) is 2.76. The normalized spacial score (nSPS) is 16.3. The van der Waals surface area contributed by atoms with E-state index < -0.39 is 11.7 Å². The Labute approximate surface area is 184 Å². The molecule has 1 aliphatic heterocycles. The molecule has 2 aliphatic rings. The third-order valence-corrected chi connectivity index (χ3v) is 7.06. The van der Waals surface area contributed by atoms with Gasteiger partial charge in [-0.25, -0.2) is 4.39 Å². The highest BCUT2D eigenvalue weighted by Gasteiger charge is 2.27. The highest BCUT2D eigenvalue weighted by atomic mass is 32.1. The number of halogens is 1. The predicted molar refractivity (Wildman–Crippen MR) is 119 cm³/mol. The number of piperazine rings is 1. The molecule has 0 atom stereocenters. The maximum absolute atomic E-state index is 14.4. The van der Waals surface area contributed by atoms with E-state index in [9.17, 15) is 18.8 Å². The number of hydrogen-bond donors (Lipinski definition) is 2. The van der Waals surface area contributed by atoms with E-state index in [0.29, 0.717) is 48.0 Å². The SMILES string of the molecule is CC(=O)c1ccc(N2CCN(CC(=O)Nc3sc4c(c3C(N)=O)CCC4)CC2)c(F)c1. The number of hydrogen-bond acceptors (Lipinski definition) is 6. The number of rotatable bonds is 6. The highest BCUT2D eigenvalue weighted by Crippen LogP contribution is 2.38. The molecule has 1 aromatic carbocycles. The first-order valence-electron chi connectivity index (χ1n) is 10.4. The predicted octanol–water partition coefficient (Wildman–Crippen LogP) is 2.44. The molecule has 2 heterocycles. The Morgan fingerprint density at radius 3 is 2.55 bits per heavy atom. The number of aryl methyl sites for hydroxylation is 1. The lowest BCUT2D eigenvalue weighted by Gasteiger charge is -2.35. The Hall–Kier alpha value is -2.78. The minimum Gasteiger partial charge on any atom is -0.367 e. The lowest BCUT2D eigenvalue weighted by molar-refractivity contribution is -0.117. The van der Waals surface area contributed by atoms with Gasteiger partial charge in [-0.05, 0) is 49.9 Å². The lowest BCUT2D eigenvalue weighted by Crippen LogP contribution is -2.49. The average molecular weight is 445 g/mol. The smallest absolute Gasteiger partial charge is 0.251 e. The summed E-state index contributed by atoms with van der Waals surface area (Å²) in [5.41, 5.74) is 7.81. The molecule has 0 bridgehead atoms. The molecule has 31 heavy (non-hydrogen) atoms. The first-order valence-corrected chi connectivity index (χ1v) is 11.2. The van der Waals surface area contributed by atoms with Crippen LogP contribution in [-0.2, 0) is 17.6 Å². The van der Waals surface area contributed by atoms with Gasteiger partial charge < -0.3 is 16.0 Å². The van der Waals surface area contributed by atoms with E-state index >= 15 is 0 Å². The molecule has 3 N–H and O–H groups in total. The van der Waals surface area contributed by atoms with Gasteiger partial charge in [0.15, 0.2) is 5.78 Å². The molecule has 1 aromatic heterocycles. The topological polar surface area (TPSA) is 95.7 Å². The number of benzene rings is 1. The molecule has 1 saturated heterocycles. The zero-order valence-corrected chi connectivity index (χ0v) is 18.2. The Balaban J connectivity index is 1.34. The second kappa shape index (κ2) is 8.76. The van der Waals surface area contributed by atoms with Gasteiger partial charge in [-0.3, -0.25) is 19.3 Å². The molecule has 164 valence electrons. The minimum absolute atomic E-state index is 0.170. The molecule has 1 fully saturated rings. The quantitative estimate of drug-likeness (QED) is 0.668. The third-order valence-electron chi connectivity index (χ3n) is 5.86. The number of carbonyl (C=O) groups is 3. The van der Waals surface area contributed by atoms with Crippen LogP contribution in [0.2, 0.25) is 0 Å². The number of primary amides is 1. The number of nitrogens with one attached hydrogen (secondary N) is 1. The Kier molecular flexibility index (Phi) is 6.06. The van der Waals surface area contributed by atoms with Gasteiger partial charge in [0.05, 0.1) is 17.8 Å². The molecular formula is C22H25FN4O3S. The van der Waals surface area contributed by atoms with Crippen LogP contribution in [0, 0.1) is 5.82 Å².